The molecular weight excluding hydrogens is 408 g/mol. The van der Waals surface area contributed by atoms with Gasteiger partial charge in [0.05, 0.1) is 17.0 Å². The van der Waals surface area contributed by atoms with Gasteiger partial charge in [0.1, 0.15) is 0 Å². The lowest BCUT2D eigenvalue weighted by Crippen LogP contribution is -2.39. The van der Waals surface area contributed by atoms with Crippen LogP contribution in [0, 0.1) is 26.7 Å². The van der Waals surface area contributed by atoms with Gasteiger partial charge in [0.2, 0.25) is 0 Å². The van der Waals surface area contributed by atoms with E-state index in [1.165, 1.54) is 11.1 Å². The molecule has 0 atom stereocenters. The van der Waals surface area contributed by atoms with Gasteiger partial charge in [-0.3, -0.25) is 4.79 Å². The highest BCUT2D eigenvalue weighted by molar-refractivity contribution is 5.95. The number of piperidine rings is 1. The maximum absolute atomic E-state index is 13.4. The van der Waals surface area contributed by atoms with Gasteiger partial charge in [-0.2, -0.15) is 5.10 Å². The van der Waals surface area contributed by atoms with Crippen molar-refractivity contribution in [3.63, 3.8) is 0 Å². The third-order valence-corrected chi connectivity index (χ3v) is 6.87. The van der Waals surface area contributed by atoms with E-state index < -0.39 is 0 Å². The molecule has 0 unspecified atom stereocenters. The van der Waals surface area contributed by atoms with Crippen molar-refractivity contribution < 1.29 is 4.79 Å². The van der Waals surface area contributed by atoms with E-state index in [2.05, 4.69) is 61.5 Å². The van der Waals surface area contributed by atoms with Crippen molar-refractivity contribution in [1.29, 1.82) is 0 Å². The lowest BCUT2D eigenvalue weighted by Gasteiger charge is -2.32. The summed E-state index contributed by atoms with van der Waals surface area (Å²) in [6.45, 7) is 7.64. The summed E-state index contributed by atoms with van der Waals surface area (Å²) < 4.78 is 1.84. The maximum atomic E-state index is 13.4. The molecule has 5 rings (SSSR count). The molecule has 0 saturated carbocycles. The fraction of sp³-hybridized carbons (Fsp3) is 0.321. The molecule has 5 heteroatoms. The van der Waals surface area contributed by atoms with Crippen LogP contribution < -0.4 is 0 Å². The highest BCUT2D eigenvalue weighted by atomic mass is 16.2. The standard InChI is InChI=1S/C28H30N4O/c1-19-8-7-11-24(16-19)26-20(2)30-32-21(3)25(18-29-27(26)32)28(33)31-14-12-23(13-15-31)17-22-9-5-4-6-10-22/h4-11,16,18,23H,12-15,17H2,1-3H3. The molecule has 0 radical (unpaired) electrons. The molecule has 2 aromatic heterocycles. The number of amides is 1. The van der Waals surface area contributed by atoms with Crippen molar-refractivity contribution in [3.8, 4) is 11.1 Å². The smallest absolute Gasteiger partial charge is 0.257 e. The Bertz CT molecular complexity index is 1300. The van der Waals surface area contributed by atoms with Gasteiger partial charge in [-0.25, -0.2) is 9.50 Å². The lowest BCUT2D eigenvalue weighted by atomic mass is 9.90. The summed E-state index contributed by atoms with van der Waals surface area (Å²) in [5, 5.41) is 4.75. The molecule has 1 fully saturated rings. The topological polar surface area (TPSA) is 50.5 Å². The number of rotatable bonds is 4. The molecule has 1 aliphatic rings. The van der Waals surface area contributed by atoms with E-state index in [-0.39, 0.29) is 5.91 Å². The van der Waals surface area contributed by atoms with E-state index >= 15 is 0 Å². The molecule has 1 amide bonds. The van der Waals surface area contributed by atoms with Gasteiger partial charge in [0, 0.05) is 24.8 Å². The van der Waals surface area contributed by atoms with Crippen LogP contribution in [0.25, 0.3) is 16.8 Å². The van der Waals surface area contributed by atoms with Gasteiger partial charge in [-0.15, -0.1) is 0 Å². The van der Waals surface area contributed by atoms with E-state index in [1.807, 2.05) is 23.3 Å². The van der Waals surface area contributed by atoms with Gasteiger partial charge < -0.3 is 4.90 Å². The number of hydrogen-bond donors (Lipinski definition) is 0. The number of carbonyl (C=O) groups excluding carboxylic acids is 1. The first-order valence-corrected chi connectivity index (χ1v) is 11.8. The molecule has 168 valence electrons. The van der Waals surface area contributed by atoms with Gasteiger partial charge in [-0.05, 0) is 57.1 Å². The summed E-state index contributed by atoms with van der Waals surface area (Å²) in [7, 11) is 0. The summed E-state index contributed by atoms with van der Waals surface area (Å²) in [6.07, 6.45) is 4.90. The Morgan fingerprint density at radius 2 is 1.76 bits per heavy atom. The van der Waals surface area contributed by atoms with Crippen molar-refractivity contribution in [2.75, 3.05) is 13.1 Å². The van der Waals surface area contributed by atoms with E-state index in [0.29, 0.717) is 11.5 Å². The Morgan fingerprint density at radius 1 is 1.00 bits per heavy atom. The zero-order valence-corrected chi connectivity index (χ0v) is 19.6. The van der Waals surface area contributed by atoms with Crippen LogP contribution in [0.1, 0.15) is 45.7 Å². The summed E-state index contributed by atoms with van der Waals surface area (Å²) >= 11 is 0. The van der Waals surface area contributed by atoms with Gasteiger partial charge in [0.25, 0.3) is 5.91 Å². The Hall–Kier alpha value is -3.47. The normalized spacial score (nSPS) is 14.7. The Morgan fingerprint density at radius 3 is 2.48 bits per heavy atom. The predicted molar refractivity (Wildman–Crippen MR) is 131 cm³/mol. The van der Waals surface area contributed by atoms with Crippen LogP contribution in [0.15, 0.2) is 60.8 Å². The minimum absolute atomic E-state index is 0.0605. The molecule has 1 aliphatic heterocycles. The number of aromatic nitrogens is 3. The molecule has 3 heterocycles. The van der Waals surface area contributed by atoms with E-state index in [1.54, 1.807) is 6.20 Å². The van der Waals surface area contributed by atoms with Crippen LogP contribution in [0.5, 0.6) is 0 Å². The van der Waals surface area contributed by atoms with E-state index in [4.69, 9.17) is 10.1 Å². The van der Waals surface area contributed by atoms with E-state index in [9.17, 15) is 4.79 Å². The van der Waals surface area contributed by atoms with Crippen molar-refractivity contribution in [3.05, 3.63) is 88.9 Å². The molecule has 0 bridgehead atoms. The van der Waals surface area contributed by atoms with Gasteiger partial charge in [0.15, 0.2) is 5.65 Å². The predicted octanol–water partition coefficient (Wildman–Crippen LogP) is 5.42. The fourth-order valence-corrected chi connectivity index (χ4v) is 5.01. The molecule has 1 saturated heterocycles. The third-order valence-electron chi connectivity index (χ3n) is 6.87. The number of carbonyl (C=O) groups is 1. The first kappa shape index (κ1) is 21.4. The monoisotopic (exact) mass is 438 g/mol. The number of nitrogens with zero attached hydrogens (tertiary/aromatic N) is 4. The summed E-state index contributed by atoms with van der Waals surface area (Å²) in [5.74, 6) is 0.689. The first-order chi connectivity index (χ1) is 16.0. The summed E-state index contributed by atoms with van der Waals surface area (Å²) in [4.78, 5) is 20.1. The Balaban J connectivity index is 1.36. The molecule has 0 aliphatic carbocycles. The summed E-state index contributed by atoms with van der Waals surface area (Å²) in [6, 6.07) is 19.0. The molecule has 4 aromatic rings. The van der Waals surface area contributed by atoms with Crippen LogP contribution >= 0.6 is 0 Å². The molecular formula is C28H30N4O. The molecule has 5 nitrogen and oxygen atoms in total. The molecule has 0 N–H and O–H groups in total. The summed E-state index contributed by atoms with van der Waals surface area (Å²) in [5.41, 5.74) is 7.92. The van der Waals surface area contributed by atoms with Crippen molar-refractivity contribution in [2.24, 2.45) is 5.92 Å². The molecule has 0 spiro atoms. The van der Waals surface area contributed by atoms with Gasteiger partial charge in [-0.1, -0.05) is 60.2 Å². The molecule has 2 aromatic carbocycles. The Labute approximate surface area is 195 Å². The average molecular weight is 439 g/mol. The minimum Gasteiger partial charge on any atom is -0.339 e. The van der Waals surface area contributed by atoms with E-state index in [0.717, 1.165) is 60.5 Å². The second-order valence-corrected chi connectivity index (χ2v) is 9.25. The average Bonchev–Trinajstić information content (AvgIpc) is 3.17. The SMILES string of the molecule is Cc1cccc(-c2c(C)nn3c(C)c(C(=O)N4CCC(Cc5ccccc5)CC4)cnc23)c1. The first-order valence-electron chi connectivity index (χ1n) is 11.8. The maximum Gasteiger partial charge on any atom is 0.257 e. The van der Waals surface area contributed by atoms with Crippen LogP contribution in [0.2, 0.25) is 0 Å². The van der Waals surface area contributed by atoms with Crippen LogP contribution in [-0.2, 0) is 6.42 Å². The number of hydrogen-bond acceptors (Lipinski definition) is 3. The third kappa shape index (κ3) is 4.15. The zero-order valence-electron chi connectivity index (χ0n) is 19.6. The Kier molecular flexibility index (Phi) is 5.71. The molecule has 33 heavy (non-hydrogen) atoms. The number of fused-ring (bicyclic) bond motifs is 1. The highest BCUT2D eigenvalue weighted by Gasteiger charge is 2.26. The highest BCUT2D eigenvalue weighted by Crippen LogP contribution is 2.29. The fourth-order valence-electron chi connectivity index (χ4n) is 5.01. The van der Waals surface area contributed by atoms with Crippen molar-refractivity contribution >= 4 is 11.6 Å². The van der Waals surface area contributed by atoms with Crippen molar-refractivity contribution in [2.45, 2.75) is 40.0 Å². The van der Waals surface area contributed by atoms with Crippen LogP contribution in [-0.4, -0.2) is 38.5 Å². The van der Waals surface area contributed by atoms with Crippen LogP contribution in [0.4, 0.5) is 0 Å². The largest absolute Gasteiger partial charge is 0.339 e. The lowest BCUT2D eigenvalue weighted by molar-refractivity contribution is 0.0688. The second kappa shape index (κ2) is 8.81. The van der Waals surface area contributed by atoms with Crippen molar-refractivity contribution in [1.82, 2.24) is 19.5 Å². The number of likely N-dealkylation sites (tertiary alicyclic amines) is 1. The minimum atomic E-state index is 0.0605. The quantitative estimate of drug-likeness (QED) is 0.428. The van der Waals surface area contributed by atoms with Gasteiger partial charge >= 0.3 is 0 Å². The second-order valence-electron chi connectivity index (χ2n) is 9.25. The number of benzene rings is 2. The zero-order chi connectivity index (χ0) is 22.9. The van der Waals surface area contributed by atoms with Crippen LogP contribution in [0.3, 0.4) is 0 Å². The number of aryl methyl sites for hydroxylation is 3.